The number of rotatable bonds is 10. The van der Waals surface area contributed by atoms with Crippen molar-refractivity contribution in [3.05, 3.63) is 134 Å². The Bertz CT molecular complexity index is 2740. The van der Waals surface area contributed by atoms with Crippen LogP contribution in [0.15, 0.2) is 101 Å². The molecule has 0 aliphatic heterocycles. The largest absolute Gasteiger partial charge is 0.501 e. The van der Waals surface area contributed by atoms with Crippen LogP contribution in [-0.4, -0.2) is 52.4 Å². The molecule has 0 fully saturated rings. The van der Waals surface area contributed by atoms with Gasteiger partial charge in [-0.05, 0) is 54.1 Å². The van der Waals surface area contributed by atoms with E-state index >= 15 is 0 Å². The highest BCUT2D eigenvalue weighted by atomic mass is 32.2. The van der Waals surface area contributed by atoms with Gasteiger partial charge in [0.1, 0.15) is 20.8 Å². The molecule has 1 aliphatic rings. The van der Waals surface area contributed by atoms with E-state index in [-0.39, 0.29) is 28.2 Å². The summed E-state index contributed by atoms with van der Waals surface area (Å²) in [6, 6.07) is 11.1. The van der Waals surface area contributed by atoms with Crippen molar-refractivity contribution in [1.82, 2.24) is 0 Å². The van der Waals surface area contributed by atoms with Crippen molar-refractivity contribution in [1.29, 1.82) is 0 Å². The Kier molecular flexibility index (Phi) is 9.56. The third kappa shape index (κ3) is 7.58. The van der Waals surface area contributed by atoms with Crippen LogP contribution >= 0.6 is 0 Å². The molecule has 6 N–H and O–H groups in total. The van der Waals surface area contributed by atoms with Gasteiger partial charge in [-0.2, -0.15) is 32.1 Å². The Hall–Kier alpha value is -7.02. The lowest BCUT2D eigenvalue weighted by Gasteiger charge is -2.17. The van der Waals surface area contributed by atoms with Gasteiger partial charge in [0.15, 0.2) is 11.1 Å². The first-order valence-corrected chi connectivity index (χ1v) is 16.6. The van der Waals surface area contributed by atoms with Crippen LogP contribution in [0, 0.1) is 20.2 Å². The molecule has 266 valence electrons. The predicted octanol–water partition coefficient (Wildman–Crippen LogP) is 0.800. The van der Waals surface area contributed by atoms with Crippen LogP contribution < -0.4 is 37.8 Å². The normalized spacial score (nSPS) is 14.5. The number of nitrogens with one attached hydrogen (secondary N) is 3. The quantitative estimate of drug-likeness (QED) is 0.0564. The number of phenolic OH excluding ortho intramolecular Hbond substituents is 1. The number of phenols is 1. The second-order valence-electron chi connectivity index (χ2n) is 10.3. The van der Waals surface area contributed by atoms with Crippen LogP contribution in [0.5, 0.6) is 5.75 Å². The molecule has 24 heteroatoms. The minimum atomic E-state index is -5.00. The van der Waals surface area contributed by atoms with Gasteiger partial charge in [-0.25, -0.2) is 0 Å². The van der Waals surface area contributed by atoms with E-state index in [1.54, 1.807) is 0 Å². The van der Waals surface area contributed by atoms with E-state index in [0.717, 1.165) is 36.4 Å². The fraction of sp³-hybridized carbons (Fsp3) is 0. The first-order chi connectivity index (χ1) is 24.3. The number of aromatic hydroxyl groups is 1. The molecule has 0 amide bonds. The molecule has 0 radical (unpaired) electrons. The van der Waals surface area contributed by atoms with Gasteiger partial charge in [-0.1, -0.05) is 6.07 Å². The summed E-state index contributed by atoms with van der Waals surface area (Å²) in [6.07, 6.45) is 0.949. The maximum Gasteiger partial charge on any atom is 0.314 e. The van der Waals surface area contributed by atoms with E-state index in [1.807, 2.05) is 0 Å². The number of hydrogen-bond donors (Lipinski definition) is 6. The number of carbonyl (C=O) groups excluding carboxylic acids is 1. The molecular weight excluding hydrogens is 736 g/mol. The van der Waals surface area contributed by atoms with Crippen molar-refractivity contribution in [2.45, 2.75) is 4.90 Å². The number of nitro benzene ring substituents is 2. The molecule has 0 saturated heterocycles. The number of nitro groups is 2. The topological polar surface area (TPSA) is 340 Å². The Morgan fingerprint density at radius 2 is 1.37 bits per heavy atom. The zero-order chi connectivity index (χ0) is 38.1. The molecule has 0 spiro atoms. The number of ketones is 1. The van der Waals surface area contributed by atoms with Gasteiger partial charge in [0.05, 0.1) is 21.2 Å². The van der Waals surface area contributed by atoms with Crippen LogP contribution in [-0.2, 0) is 20.2 Å². The number of allylic oxidation sites excluding steroid dienone is 1. The first-order valence-electron chi connectivity index (χ1n) is 13.7. The number of fused-ring (bicyclic) bond motifs is 1. The second-order valence-corrected chi connectivity index (χ2v) is 13.1. The third-order valence-electron chi connectivity index (χ3n) is 6.91. The lowest BCUT2D eigenvalue weighted by atomic mass is 9.94. The van der Waals surface area contributed by atoms with Crippen molar-refractivity contribution in [3.63, 3.8) is 0 Å². The summed E-state index contributed by atoms with van der Waals surface area (Å²) in [4.78, 5) is 57.5. The molecule has 4 aromatic carbocycles. The van der Waals surface area contributed by atoms with Crippen LogP contribution in [0.4, 0.5) is 28.4 Å². The number of hydrogen-bond acceptors (Lipinski definition) is 18. The number of anilines is 3. The molecule has 5 rings (SSSR count). The fourth-order valence-corrected chi connectivity index (χ4v) is 5.61. The number of hydrazone groups is 1. The minimum Gasteiger partial charge on any atom is -0.501 e. The van der Waals surface area contributed by atoms with Crippen molar-refractivity contribution >= 4 is 66.2 Å². The maximum atomic E-state index is 13.4. The Labute approximate surface area is 287 Å². The van der Waals surface area contributed by atoms with Gasteiger partial charge in [0.2, 0.25) is 22.4 Å². The summed E-state index contributed by atoms with van der Waals surface area (Å²) in [6.45, 7) is 0. The smallest absolute Gasteiger partial charge is 0.314 e. The van der Waals surface area contributed by atoms with Gasteiger partial charge in [0.25, 0.3) is 25.9 Å². The Morgan fingerprint density at radius 1 is 0.712 bits per heavy atom. The van der Waals surface area contributed by atoms with Crippen LogP contribution in [0.25, 0.3) is 6.08 Å². The van der Waals surface area contributed by atoms with Gasteiger partial charge in [0, 0.05) is 23.8 Å². The summed E-state index contributed by atoms with van der Waals surface area (Å²) in [5.41, 5.74) is 1.90. The first kappa shape index (κ1) is 36.3. The molecule has 0 bridgehead atoms. The van der Waals surface area contributed by atoms with Crippen molar-refractivity contribution < 1.29 is 45.7 Å². The van der Waals surface area contributed by atoms with E-state index in [4.69, 9.17) is 0 Å². The van der Waals surface area contributed by atoms with E-state index < -0.39 is 90.1 Å². The number of Topliss-reactive ketones (excluding diaryl/α,β-unsaturated/α-hetero) is 1. The highest BCUT2D eigenvalue weighted by Gasteiger charge is 2.33. The van der Waals surface area contributed by atoms with Crippen LogP contribution in [0.2, 0.25) is 0 Å². The number of benzene rings is 4. The molecule has 0 unspecified atom stereocenters. The molecule has 0 atom stereocenters. The minimum absolute atomic E-state index is 0.0138. The molecule has 0 saturated carbocycles. The van der Waals surface area contributed by atoms with Gasteiger partial charge in [-0.15, -0.1) is 0 Å². The molecule has 4 aromatic rings. The Balaban J connectivity index is 1.48. The summed E-state index contributed by atoms with van der Waals surface area (Å²) in [5.74, 6) is -2.11. The zero-order valence-electron chi connectivity index (χ0n) is 25.3. The Morgan fingerprint density at radius 3 is 1.98 bits per heavy atom. The molecule has 0 aromatic heterocycles. The highest BCUT2D eigenvalue weighted by molar-refractivity contribution is 7.91. The van der Waals surface area contributed by atoms with Gasteiger partial charge in [-0.3, -0.25) is 60.0 Å². The molecule has 52 heavy (non-hydrogen) atoms. The van der Waals surface area contributed by atoms with E-state index in [0.29, 0.717) is 12.1 Å². The van der Waals surface area contributed by atoms with Crippen LogP contribution in [0.3, 0.4) is 0 Å². The number of nitrogens with zero attached hydrogens (tertiary/aromatic N) is 5. The average Bonchev–Trinajstić information content (AvgIpc) is 3.07. The standard InChI is InChI=1S/C28H18N8O14S2/c37-22-8-7-19(31-32-20-11-17(51(45,46)47)12-21(27(20)39)36(43)44)28(40)24(22)33-30-15-2-1-13-9-23(52(48,49)50)25(26(38)18(13)10-15)34-29-14-3-5-16(6-4-14)35(41)42/h1-12,29-30,32,39H,(H,45,46,47)(H,48,49,50)/b31-19+,33-24-,34-25+. The summed E-state index contributed by atoms with van der Waals surface area (Å²) in [5, 5.41) is 42.2. The molecule has 1 aliphatic carbocycles. The summed E-state index contributed by atoms with van der Waals surface area (Å²) < 4.78 is 66.4. The zero-order valence-corrected chi connectivity index (χ0v) is 26.9. The second kappa shape index (κ2) is 13.7. The highest BCUT2D eigenvalue weighted by Crippen LogP contribution is 2.36. The summed E-state index contributed by atoms with van der Waals surface area (Å²) in [7, 11) is -9.99. The number of carbonyl (C=O) groups is 1. The van der Waals surface area contributed by atoms with Crippen molar-refractivity contribution in [3.8, 4) is 5.75 Å². The van der Waals surface area contributed by atoms with Crippen molar-refractivity contribution in [2.24, 2.45) is 15.3 Å². The van der Waals surface area contributed by atoms with E-state index in [2.05, 4.69) is 31.6 Å². The molecule has 22 nitrogen and oxygen atoms in total. The molecule has 0 heterocycles. The van der Waals surface area contributed by atoms with Gasteiger partial charge < -0.3 is 5.11 Å². The van der Waals surface area contributed by atoms with E-state index in [9.17, 15) is 65.7 Å². The van der Waals surface area contributed by atoms with E-state index in [1.165, 1.54) is 24.3 Å². The SMILES string of the molecule is O=C1/C(=N/Nc2ccc([N+](=O)[O-])cc2)C(S(=O)(=O)O)=Cc2ccc(N/N=c3/c(=O)cc/c(=N\Nc4cc(S(=O)(=O)O)cc([N+](=O)[O-])c4O)c3=O)cc21. The van der Waals surface area contributed by atoms with Gasteiger partial charge >= 0.3 is 5.69 Å². The monoisotopic (exact) mass is 754 g/mol. The lowest BCUT2D eigenvalue weighted by molar-refractivity contribution is -0.386. The average molecular weight is 755 g/mol. The third-order valence-corrected chi connectivity index (χ3v) is 8.61. The molecular formula is C28H18N8O14S2. The van der Waals surface area contributed by atoms with Crippen LogP contribution in [0.1, 0.15) is 15.9 Å². The number of non-ortho nitro benzene ring substituents is 1. The maximum absolute atomic E-state index is 13.4. The van der Waals surface area contributed by atoms with Crippen molar-refractivity contribution in [2.75, 3.05) is 16.3 Å². The fourth-order valence-electron chi connectivity index (χ4n) is 4.42. The lowest BCUT2D eigenvalue weighted by Crippen LogP contribution is -2.48. The summed E-state index contributed by atoms with van der Waals surface area (Å²) >= 11 is 0. The predicted molar refractivity (Wildman–Crippen MR) is 179 cm³/mol.